The third-order valence-corrected chi connectivity index (χ3v) is 6.39. The van der Waals surface area contributed by atoms with E-state index < -0.39 is 5.92 Å². The second-order valence-corrected chi connectivity index (χ2v) is 8.80. The zero-order valence-electron chi connectivity index (χ0n) is 20.1. The number of aromatic nitrogens is 4. The number of nitrogens with zero attached hydrogens (tertiary/aromatic N) is 5. The van der Waals surface area contributed by atoms with E-state index >= 15 is 0 Å². The summed E-state index contributed by atoms with van der Waals surface area (Å²) in [4.78, 5) is 44.0. The number of amides is 2. The van der Waals surface area contributed by atoms with Crippen LogP contribution in [0.4, 0.5) is 10.1 Å². The van der Waals surface area contributed by atoms with E-state index in [0.717, 1.165) is 11.3 Å². The Morgan fingerprint density at radius 1 is 1.14 bits per heavy atom. The highest BCUT2D eigenvalue weighted by Crippen LogP contribution is 2.26. The zero-order chi connectivity index (χ0) is 25.9. The topological polar surface area (TPSA) is 111 Å². The third-order valence-electron chi connectivity index (χ3n) is 6.39. The monoisotopic (exact) mass is 504 g/mol. The minimum Gasteiger partial charge on any atom is -0.497 e. The maximum Gasteiger partial charge on any atom is 0.264 e. The van der Waals surface area contributed by atoms with Crippen LogP contribution in [0.1, 0.15) is 12.0 Å². The number of hydrogen-bond acceptors (Lipinski definition) is 6. The average molecular weight is 505 g/mol. The van der Waals surface area contributed by atoms with Crippen LogP contribution in [0.25, 0.3) is 11.0 Å². The van der Waals surface area contributed by atoms with Crippen LogP contribution in [-0.4, -0.2) is 51.3 Å². The van der Waals surface area contributed by atoms with Crippen LogP contribution in [-0.2, 0) is 22.7 Å². The number of anilines is 1. The minimum absolute atomic E-state index is 0.107. The Balaban J connectivity index is 1.19. The fourth-order valence-corrected chi connectivity index (χ4v) is 4.38. The third kappa shape index (κ3) is 5.06. The van der Waals surface area contributed by atoms with Crippen LogP contribution in [0.5, 0.6) is 5.75 Å². The molecule has 2 amide bonds. The first-order valence-corrected chi connectivity index (χ1v) is 11.8. The van der Waals surface area contributed by atoms with Crippen molar-refractivity contribution >= 4 is 28.5 Å². The molecule has 1 saturated heterocycles. The van der Waals surface area contributed by atoms with Crippen molar-refractivity contribution in [3.63, 3.8) is 0 Å². The van der Waals surface area contributed by atoms with Crippen molar-refractivity contribution in [1.82, 2.24) is 24.6 Å². The first-order chi connectivity index (χ1) is 17.9. The van der Waals surface area contributed by atoms with E-state index in [1.807, 2.05) is 0 Å². The lowest BCUT2D eigenvalue weighted by Crippen LogP contribution is -2.35. The van der Waals surface area contributed by atoms with Crippen LogP contribution in [0.3, 0.4) is 0 Å². The summed E-state index contributed by atoms with van der Waals surface area (Å²) in [7, 11) is 1.57. The van der Waals surface area contributed by atoms with Crippen LogP contribution in [0.2, 0.25) is 0 Å². The van der Waals surface area contributed by atoms with E-state index in [2.05, 4.69) is 15.4 Å². The van der Waals surface area contributed by atoms with E-state index in [1.54, 1.807) is 53.1 Å². The number of ether oxygens (including phenoxy) is 1. The molecule has 4 aromatic rings. The van der Waals surface area contributed by atoms with Crippen LogP contribution >= 0.6 is 0 Å². The molecule has 37 heavy (non-hydrogen) atoms. The first kappa shape index (κ1) is 24.2. The lowest BCUT2D eigenvalue weighted by Gasteiger charge is -2.17. The largest absolute Gasteiger partial charge is 0.497 e. The molecule has 2 aromatic heterocycles. The van der Waals surface area contributed by atoms with Gasteiger partial charge in [-0.15, -0.1) is 0 Å². The first-order valence-electron chi connectivity index (χ1n) is 11.8. The molecule has 0 bridgehead atoms. The summed E-state index contributed by atoms with van der Waals surface area (Å²) >= 11 is 0. The molecule has 1 N–H and O–H groups in total. The van der Waals surface area contributed by atoms with E-state index in [0.29, 0.717) is 29.9 Å². The van der Waals surface area contributed by atoms with E-state index in [9.17, 15) is 18.8 Å². The highest BCUT2D eigenvalue weighted by molar-refractivity contribution is 6.00. The van der Waals surface area contributed by atoms with Crippen molar-refractivity contribution in [3.05, 3.63) is 82.8 Å². The Labute approximate surface area is 211 Å². The highest BCUT2D eigenvalue weighted by Gasteiger charge is 2.35. The van der Waals surface area contributed by atoms with Gasteiger partial charge in [-0.05, 0) is 42.0 Å². The number of rotatable bonds is 8. The number of nitrogens with one attached hydrogen (secondary N) is 1. The van der Waals surface area contributed by atoms with Gasteiger partial charge in [0.1, 0.15) is 23.3 Å². The van der Waals surface area contributed by atoms with Crippen molar-refractivity contribution in [3.8, 4) is 5.75 Å². The average Bonchev–Trinajstić information content (AvgIpc) is 3.51. The maximum absolute atomic E-state index is 13.1. The van der Waals surface area contributed by atoms with Crippen LogP contribution < -0.4 is 20.5 Å². The van der Waals surface area contributed by atoms with Gasteiger partial charge in [0.2, 0.25) is 11.8 Å². The Kier molecular flexibility index (Phi) is 6.67. The van der Waals surface area contributed by atoms with Gasteiger partial charge in [-0.25, -0.2) is 14.1 Å². The predicted octanol–water partition coefficient (Wildman–Crippen LogP) is 1.96. The van der Waals surface area contributed by atoms with Gasteiger partial charge in [0, 0.05) is 25.2 Å². The summed E-state index contributed by atoms with van der Waals surface area (Å²) in [6.07, 6.45) is 3.02. The van der Waals surface area contributed by atoms with Crippen molar-refractivity contribution < 1.29 is 18.7 Å². The van der Waals surface area contributed by atoms with Gasteiger partial charge < -0.3 is 15.0 Å². The van der Waals surface area contributed by atoms with E-state index in [1.165, 1.54) is 29.2 Å². The van der Waals surface area contributed by atoms with Gasteiger partial charge in [-0.3, -0.25) is 19.0 Å². The van der Waals surface area contributed by atoms with E-state index in [-0.39, 0.29) is 42.7 Å². The predicted molar refractivity (Wildman–Crippen MR) is 134 cm³/mol. The molecule has 1 aliphatic rings. The summed E-state index contributed by atoms with van der Waals surface area (Å²) in [6, 6.07) is 13.1. The normalized spacial score (nSPS) is 15.4. The van der Waals surface area contributed by atoms with Gasteiger partial charge in [0.15, 0.2) is 5.65 Å². The van der Waals surface area contributed by atoms with Gasteiger partial charge in [-0.1, -0.05) is 12.1 Å². The number of halogens is 1. The van der Waals surface area contributed by atoms with Gasteiger partial charge in [0.05, 0.1) is 32.3 Å². The number of benzene rings is 2. The Morgan fingerprint density at radius 2 is 1.89 bits per heavy atom. The molecule has 1 atom stereocenters. The molecule has 0 radical (unpaired) electrons. The van der Waals surface area contributed by atoms with Crippen LogP contribution in [0, 0.1) is 11.7 Å². The molecule has 190 valence electrons. The smallest absolute Gasteiger partial charge is 0.264 e. The molecule has 1 unspecified atom stereocenters. The van der Waals surface area contributed by atoms with Crippen molar-refractivity contribution in [2.45, 2.75) is 19.5 Å². The molecule has 11 heteroatoms. The standard InChI is InChI=1S/C26H25FN6O4/c1-37-21-8-6-20(7-9-21)32-15-18(12-23(32)34)25(35)28-10-11-33-24-22(13-30-33)26(36)31(16-29-24)14-17-2-4-19(27)5-3-17/h2-9,13,16,18H,10-12,14-15H2,1H3,(H,28,35). The summed E-state index contributed by atoms with van der Waals surface area (Å²) in [5.41, 5.74) is 1.65. The maximum atomic E-state index is 13.1. The van der Waals surface area contributed by atoms with Crippen molar-refractivity contribution in [2.24, 2.45) is 5.92 Å². The fourth-order valence-electron chi connectivity index (χ4n) is 4.38. The van der Waals surface area contributed by atoms with Gasteiger partial charge in [0.25, 0.3) is 5.56 Å². The number of carbonyl (C=O) groups is 2. The second-order valence-electron chi connectivity index (χ2n) is 8.80. The molecule has 1 aliphatic heterocycles. The van der Waals surface area contributed by atoms with Gasteiger partial charge in [-0.2, -0.15) is 5.10 Å². The lowest BCUT2D eigenvalue weighted by molar-refractivity contribution is -0.126. The Morgan fingerprint density at radius 3 is 2.62 bits per heavy atom. The number of methoxy groups -OCH3 is 1. The second kappa shape index (κ2) is 10.2. The van der Waals surface area contributed by atoms with Crippen molar-refractivity contribution in [1.29, 1.82) is 0 Å². The molecule has 5 rings (SSSR count). The zero-order valence-corrected chi connectivity index (χ0v) is 20.1. The van der Waals surface area contributed by atoms with Gasteiger partial charge >= 0.3 is 0 Å². The summed E-state index contributed by atoms with van der Waals surface area (Å²) in [6.45, 7) is 1.14. The summed E-state index contributed by atoms with van der Waals surface area (Å²) in [5, 5.41) is 7.47. The number of carbonyl (C=O) groups excluding carboxylic acids is 2. The molecule has 0 spiro atoms. The number of hydrogen-bond donors (Lipinski definition) is 1. The molecule has 2 aromatic carbocycles. The highest BCUT2D eigenvalue weighted by atomic mass is 19.1. The van der Waals surface area contributed by atoms with Crippen LogP contribution in [0.15, 0.2) is 65.8 Å². The fraction of sp³-hybridized carbons (Fsp3) is 0.269. The molecule has 0 saturated carbocycles. The SMILES string of the molecule is COc1ccc(N2CC(C(=O)NCCn3ncc4c(=O)n(Cc5ccc(F)cc5)cnc43)CC2=O)cc1. The summed E-state index contributed by atoms with van der Waals surface area (Å²) < 4.78 is 21.3. The minimum atomic E-state index is -0.458. The molecule has 3 heterocycles. The number of fused-ring (bicyclic) bond motifs is 1. The Hall–Kier alpha value is -4.54. The molecule has 0 aliphatic carbocycles. The van der Waals surface area contributed by atoms with Crippen molar-refractivity contribution in [2.75, 3.05) is 25.1 Å². The Bertz CT molecular complexity index is 1500. The quantitative estimate of drug-likeness (QED) is 0.393. The molecular weight excluding hydrogens is 479 g/mol. The molecular formula is C26H25FN6O4. The molecule has 10 nitrogen and oxygen atoms in total. The summed E-state index contributed by atoms with van der Waals surface area (Å²) in [5.74, 6) is -0.426. The molecule has 1 fully saturated rings. The van der Waals surface area contributed by atoms with E-state index in [4.69, 9.17) is 4.74 Å². The lowest BCUT2D eigenvalue weighted by atomic mass is 10.1.